The van der Waals surface area contributed by atoms with Crippen molar-refractivity contribution < 1.29 is 4.52 Å². The molecular weight excluding hydrogens is 274 g/mol. The molecule has 2 aromatic heterocycles. The summed E-state index contributed by atoms with van der Waals surface area (Å²) in [5, 5.41) is 4.44. The minimum atomic E-state index is -0.148. The highest BCUT2D eigenvalue weighted by Gasteiger charge is 2.02. The number of aryl methyl sites for hydroxylation is 1. The molecule has 5 nitrogen and oxygen atoms in total. The molecule has 0 bridgehead atoms. The summed E-state index contributed by atoms with van der Waals surface area (Å²) in [4.78, 5) is 11.5. The first-order valence-corrected chi connectivity index (χ1v) is 5.79. The van der Waals surface area contributed by atoms with Crippen molar-refractivity contribution >= 4 is 21.7 Å². The molecule has 0 aliphatic carbocycles. The number of nitrogens with zero attached hydrogens (tertiary/aromatic N) is 2. The molecule has 0 amide bonds. The second-order valence-electron chi connectivity index (χ2n) is 3.31. The molecule has 1 N–H and O–H groups in total. The minimum Gasteiger partial charge on any atom is -0.359 e. The molecule has 84 valence electrons. The highest BCUT2D eigenvalue weighted by molar-refractivity contribution is 9.08. The average Bonchev–Trinajstić information content (AvgIpc) is 2.67. The van der Waals surface area contributed by atoms with Crippen LogP contribution in [-0.4, -0.2) is 9.83 Å². The van der Waals surface area contributed by atoms with Gasteiger partial charge in [0.15, 0.2) is 5.82 Å². The second-order valence-corrected chi connectivity index (χ2v) is 3.87. The molecule has 0 radical (unpaired) electrons. The number of anilines is 1. The maximum atomic E-state index is 11.5. The first-order chi connectivity index (χ1) is 7.69. The third-order valence-corrected chi connectivity index (χ3v) is 2.64. The Labute approximate surface area is 100 Å². The fraction of sp³-hybridized carbons (Fsp3) is 0.200. The quantitative estimate of drug-likeness (QED) is 0.875. The molecule has 16 heavy (non-hydrogen) atoms. The molecule has 0 fully saturated rings. The summed E-state index contributed by atoms with van der Waals surface area (Å²) in [6, 6.07) is 4.98. The molecule has 0 spiro atoms. The van der Waals surface area contributed by atoms with E-state index in [0.717, 1.165) is 5.56 Å². The van der Waals surface area contributed by atoms with Gasteiger partial charge in [-0.25, -0.2) is 4.68 Å². The van der Waals surface area contributed by atoms with Crippen molar-refractivity contribution in [2.45, 2.75) is 12.3 Å². The summed E-state index contributed by atoms with van der Waals surface area (Å²) in [7, 11) is 0. The smallest absolute Gasteiger partial charge is 0.269 e. The largest absolute Gasteiger partial charge is 0.359 e. The number of alkyl halides is 1. The third kappa shape index (κ3) is 2.33. The van der Waals surface area contributed by atoms with Gasteiger partial charge in [-0.05, 0) is 12.5 Å². The van der Waals surface area contributed by atoms with E-state index in [4.69, 9.17) is 4.52 Å². The molecule has 0 unspecified atom stereocenters. The van der Waals surface area contributed by atoms with Crippen molar-refractivity contribution in [2.75, 3.05) is 5.43 Å². The Balaban J connectivity index is 2.30. The summed E-state index contributed by atoms with van der Waals surface area (Å²) < 4.78 is 6.26. The van der Waals surface area contributed by atoms with Gasteiger partial charge in [0.2, 0.25) is 0 Å². The van der Waals surface area contributed by atoms with Gasteiger partial charge < -0.3 is 4.52 Å². The van der Waals surface area contributed by atoms with Crippen LogP contribution < -0.4 is 11.0 Å². The third-order valence-electron chi connectivity index (χ3n) is 1.99. The molecule has 0 saturated carbocycles. The van der Waals surface area contributed by atoms with E-state index >= 15 is 0 Å². The second kappa shape index (κ2) is 4.52. The zero-order chi connectivity index (χ0) is 11.5. The van der Waals surface area contributed by atoms with Crippen LogP contribution >= 0.6 is 15.9 Å². The Morgan fingerprint density at radius 2 is 2.38 bits per heavy atom. The highest BCUT2D eigenvalue weighted by Crippen LogP contribution is 2.07. The van der Waals surface area contributed by atoms with E-state index in [0.29, 0.717) is 16.9 Å². The monoisotopic (exact) mass is 283 g/mol. The van der Waals surface area contributed by atoms with Gasteiger partial charge >= 0.3 is 0 Å². The standard InChI is InChI=1S/C10H10BrN3O2/c1-7-4-9(13-16-7)12-14-6-8(5-11)2-3-10(14)15/h2-4,6H,5H2,1H3,(H,12,13). The Morgan fingerprint density at radius 3 is 3.00 bits per heavy atom. The van der Waals surface area contributed by atoms with Crippen LogP contribution in [0.3, 0.4) is 0 Å². The predicted molar refractivity (Wildman–Crippen MR) is 63.6 cm³/mol. The highest BCUT2D eigenvalue weighted by atomic mass is 79.9. The van der Waals surface area contributed by atoms with Crippen LogP contribution in [0.5, 0.6) is 0 Å². The van der Waals surface area contributed by atoms with Crippen LogP contribution in [0.1, 0.15) is 11.3 Å². The van der Waals surface area contributed by atoms with Crippen molar-refractivity contribution in [2.24, 2.45) is 0 Å². The Morgan fingerprint density at radius 1 is 1.56 bits per heavy atom. The van der Waals surface area contributed by atoms with Crippen molar-refractivity contribution in [1.82, 2.24) is 9.83 Å². The Bertz CT molecular complexity index is 547. The molecule has 0 saturated heterocycles. The summed E-state index contributed by atoms with van der Waals surface area (Å²) in [5.74, 6) is 1.19. The van der Waals surface area contributed by atoms with E-state index in [1.807, 2.05) is 0 Å². The normalized spacial score (nSPS) is 10.4. The first-order valence-electron chi connectivity index (χ1n) is 4.67. The van der Waals surface area contributed by atoms with E-state index in [9.17, 15) is 4.79 Å². The van der Waals surface area contributed by atoms with Gasteiger partial charge in [-0.15, -0.1) is 0 Å². The molecule has 2 heterocycles. The van der Waals surface area contributed by atoms with E-state index < -0.39 is 0 Å². The maximum absolute atomic E-state index is 11.5. The van der Waals surface area contributed by atoms with Gasteiger partial charge in [0.1, 0.15) is 5.76 Å². The molecule has 2 aromatic rings. The summed E-state index contributed by atoms with van der Waals surface area (Å²) in [5.41, 5.74) is 3.69. The number of rotatable bonds is 3. The summed E-state index contributed by atoms with van der Waals surface area (Å²) in [6.07, 6.45) is 1.71. The maximum Gasteiger partial charge on any atom is 0.269 e. The number of hydrogen-bond donors (Lipinski definition) is 1. The van der Waals surface area contributed by atoms with Gasteiger partial charge in [-0.2, -0.15) is 0 Å². The molecule has 2 rings (SSSR count). The molecule has 0 aliphatic heterocycles. The molecule has 0 aromatic carbocycles. The zero-order valence-electron chi connectivity index (χ0n) is 8.61. The summed E-state index contributed by atoms with van der Waals surface area (Å²) in [6.45, 7) is 1.79. The molecule has 0 atom stereocenters. The number of hydrogen-bond acceptors (Lipinski definition) is 4. The van der Waals surface area contributed by atoms with Crippen LogP contribution in [0.4, 0.5) is 5.82 Å². The lowest BCUT2D eigenvalue weighted by molar-refractivity contribution is 0.399. The van der Waals surface area contributed by atoms with Crippen LogP contribution in [0.2, 0.25) is 0 Å². The first kappa shape index (κ1) is 10.9. The Kier molecular flexibility index (Phi) is 3.09. The number of halogens is 1. The van der Waals surface area contributed by atoms with E-state index in [-0.39, 0.29) is 5.56 Å². The van der Waals surface area contributed by atoms with Crippen LogP contribution in [-0.2, 0) is 5.33 Å². The number of aromatic nitrogens is 2. The van der Waals surface area contributed by atoms with Gasteiger partial charge in [-0.1, -0.05) is 27.2 Å². The van der Waals surface area contributed by atoms with Gasteiger partial charge in [0.25, 0.3) is 5.56 Å². The van der Waals surface area contributed by atoms with E-state index in [1.54, 1.807) is 25.3 Å². The summed E-state index contributed by atoms with van der Waals surface area (Å²) >= 11 is 3.33. The lowest BCUT2D eigenvalue weighted by Gasteiger charge is -2.06. The molecule has 6 heteroatoms. The Hall–Kier alpha value is -1.56. The lowest BCUT2D eigenvalue weighted by Crippen LogP contribution is -2.25. The molecule has 0 aliphatic rings. The predicted octanol–water partition coefficient (Wildman–Crippen LogP) is 1.91. The SMILES string of the molecule is Cc1cc(Nn2cc(CBr)ccc2=O)no1. The minimum absolute atomic E-state index is 0.148. The van der Waals surface area contributed by atoms with E-state index in [1.165, 1.54) is 10.7 Å². The fourth-order valence-corrected chi connectivity index (χ4v) is 1.57. The lowest BCUT2D eigenvalue weighted by atomic mass is 10.3. The fourth-order valence-electron chi connectivity index (χ4n) is 1.24. The van der Waals surface area contributed by atoms with Gasteiger partial charge in [-0.3, -0.25) is 10.2 Å². The zero-order valence-corrected chi connectivity index (χ0v) is 10.2. The number of pyridine rings is 1. The van der Waals surface area contributed by atoms with Crippen LogP contribution in [0.15, 0.2) is 33.7 Å². The van der Waals surface area contributed by atoms with Crippen molar-refractivity contribution in [1.29, 1.82) is 0 Å². The van der Waals surface area contributed by atoms with Crippen LogP contribution in [0.25, 0.3) is 0 Å². The van der Waals surface area contributed by atoms with Gasteiger partial charge in [0.05, 0.1) is 0 Å². The number of nitrogens with one attached hydrogen (secondary N) is 1. The van der Waals surface area contributed by atoms with Crippen molar-refractivity contribution in [3.63, 3.8) is 0 Å². The molecular formula is C10H10BrN3O2. The topological polar surface area (TPSA) is 60.1 Å². The van der Waals surface area contributed by atoms with Gasteiger partial charge in [0, 0.05) is 23.7 Å². The average molecular weight is 284 g/mol. The van der Waals surface area contributed by atoms with Crippen molar-refractivity contribution in [3.05, 3.63) is 46.1 Å². The van der Waals surface area contributed by atoms with Crippen LogP contribution in [0, 0.1) is 6.92 Å². The van der Waals surface area contributed by atoms with E-state index in [2.05, 4.69) is 26.5 Å². The van der Waals surface area contributed by atoms with Crippen molar-refractivity contribution in [3.8, 4) is 0 Å².